The number of sulfonamides is 1. The van der Waals surface area contributed by atoms with E-state index < -0.39 is 28.5 Å². The fourth-order valence-electron chi connectivity index (χ4n) is 4.17. The fraction of sp³-hybridized carbons (Fsp3) is 0.333. The molecule has 0 radical (unpaired) electrons. The van der Waals surface area contributed by atoms with Crippen LogP contribution in [0.3, 0.4) is 0 Å². The number of aryl methyl sites for hydroxylation is 2. The predicted molar refractivity (Wildman–Crippen MR) is 151 cm³/mol. The number of rotatable bonds is 11. The van der Waals surface area contributed by atoms with Crippen molar-refractivity contribution in [3.05, 3.63) is 95.6 Å². The predicted octanol–water partition coefficient (Wildman–Crippen LogP) is 4.69. The van der Waals surface area contributed by atoms with E-state index >= 15 is 0 Å². The molecular formula is C30H37N3O4S. The second-order valence-electron chi connectivity index (χ2n) is 9.65. The van der Waals surface area contributed by atoms with Crippen LogP contribution in [0.25, 0.3) is 0 Å². The van der Waals surface area contributed by atoms with Crippen molar-refractivity contribution < 1.29 is 18.0 Å². The van der Waals surface area contributed by atoms with Crippen LogP contribution in [0.1, 0.15) is 44.4 Å². The van der Waals surface area contributed by atoms with Crippen LogP contribution >= 0.6 is 0 Å². The molecule has 0 saturated carbocycles. The van der Waals surface area contributed by atoms with Crippen LogP contribution < -0.4 is 9.62 Å². The highest BCUT2D eigenvalue weighted by Gasteiger charge is 2.33. The van der Waals surface area contributed by atoms with E-state index in [0.717, 1.165) is 16.7 Å². The zero-order chi connectivity index (χ0) is 27.9. The number of para-hydroxylation sites is 1. The maximum atomic E-state index is 14.0. The number of nitrogens with one attached hydrogen (secondary N) is 1. The first-order chi connectivity index (χ1) is 18.0. The van der Waals surface area contributed by atoms with Gasteiger partial charge in [0.25, 0.3) is 10.0 Å². The third-order valence-electron chi connectivity index (χ3n) is 6.32. The van der Waals surface area contributed by atoms with Crippen molar-refractivity contribution in [2.45, 2.75) is 64.6 Å². The zero-order valence-electron chi connectivity index (χ0n) is 22.7. The molecule has 202 valence electrons. The summed E-state index contributed by atoms with van der Waals surface area (Å²) in [5.41, 5.74) is 3.02. The average Bonchev–Trinajstić information content (AvgIpc) is 2.90. The summed E-state index contributed by atoms with van der Waals surface area (Å²) < 4.78 is 29.1. The van der Waals surface area contributed by atoms with Crippen LogP contribution in [0.4, 0.5) is 5.69 Å². The molecule has 1 atom stereocenters. The van der Waals surface area contributed by atoms with Crippen LogP contribution in [0.5, 0.6) is 0 Å². The molecule has 0 spiro atoms. The van der Waals surface area contributed by atoms with E-state index in [1.165, 1.54) is 9.21 Å². The lowest BCUT2D eigenvalue weighted by molar-refractivity contribution is -0.139. The van der Waals surface area contributed by atoms with Gasteiger partial charge in [0, 0.05) is 12.6 Å². The van der Waals surface area contributed by atoms with Crippen molar-refractivity contribution in [3.63, 3.8) is 0 Å². The molecule has 0 saturated heterocycles. The third kappa shape index (κ3) is 7.01. The number of nitrogens with zero attached hydrogens (tertiary/aromatic N) is 2. The molecule has 0 heterocycles. The number of hydrogen-bond donors (Lipinski definition) is 1. The van der Waals surface area contributed by atoms with Crippen molar-refractivity contribution in [2.24, 2.45) is 0 Å². The highest BCUT2D eigenvalue weighted by molar-refractivity contribution is 7.92. The second-order valence-corrected chi connectivity index (χ2v) is 11.5. The molecule has 0 aliphatic carbocycles. The van der Waals surface area contributed by atoms with Crippen LogP contribution in [0.15, 0.2) is 83.8 Å². The van der Waals surface area contributed by atoms with Crippen LogP contribution in [0.2, 0.25) is 0 Å². The Morgan fingerprint density at radius 2 is 1.47 bits per heavy atom. The van der Waals surface area contributed by atoms with Crippen molar-refractivity contribution in [2.75, 3.05) is 10.8 Å². The molecule has 0 aliphatic heterocycles. The van der Waals surface area contributed by atoms with Crippen molar-refractivity contribution in [3.8, 4) is 0 Å². The molecule has 0 aromatic heterocycles. The van der Waals surface area contributed by atoms with Crippen molar-refractivity contribution in [1.29, 1.82) is 0 Å². The third-order valence-corrected chi connectivity index (χ3v) is 8.10. The van der Waals surface area contributed by atoms with Crippen molar-refractivity contribution >= 4 is 27.5 Å². The maximum absolute atomic E-state index is 14.0. The summed E-state index contributed by atoms with van der Waals surface area (Å²) in [6.45, 7) is 8.92. The van der Waals surface area contributed by atoms with Crippen molar-refractivity contribution in [1.82, 2.24) is 10.2 Å². The maximum Gasteiger partial charge on any atom is 0.264 e. The summed E-state index contributed by atoms with van der Waals surface area (Å²) in [6.07, 6.45) is 0.589. The molecule has 3 aromatic carbocycles. The van der Waals surface area contributed by atoms with Crippen LogP contribution in [-0.4, -0.2) is 43.8 Å². The van der Waals surface area contributed by atoms with Gasteiger partial charge in [0.2, 0.25) is 11.8 Å². The summed E-state index contributed by atoms with van der Waals surface area (Å²) in [5, 5.41) is 2.86. The second kappa shape index (κ2) is 12.7. The smallest absolute Gasteiger partial charge is 0.264 e. The van der Waals surface area contributed by atoms with Gasteiger partial charge in [0.15, 0.2) is 0 Å². The number of anilines is 1. The lowest BCUT2D eigenvalue weighted by atomic mass is 10.1. The van der Waals surface area contributed by atoms with Gasteiger partial charge in [0.05, 0.1) is 10.6 Å². The summed E-state index contributed by atoms with van der Waals surface area (Å²) in [7, 11) is -4.08. The number of benzene rings is 3. The Balaban J connectivity index is 2.06. The first kappa shape index (κ1) is 28.9. The Kier molecular flexibility index (Phi) is 9.69. The number of hydrogen-bond acceptors (Lipinski definition) is 4. The summed E-state index contributed by atoms with van der Waals surface area (Å²) in [4.78, 5) is 28.4. The Labute approximate surface area is 226 Å². The molecule has 0 bridgehead atoms. The molecule has 8 heteroatoms. The highest BCUT2D eigenvalue weighted by atomic mass is 32.2. The fourth-order valence-corrected chi connectivity index (χ4v) is 5.62. The van der Waals surface area contributed by atoms with E-state index in [-0.39, 0.29) is 23.4 Å². The highest BCUT2D eigenvalue weighted by Crippen LogP contribution is 2.28. The topological polar surface area (TPSA) is 86.8 Å². The van der Waals surface area contributed by atoms with Crippen LogP contribution in [0, 0.1) is 6.92 Å². The molecule has 0 fully saturated rings. The first-order valence-corrected chi connectivity index (χ1v) is 14.3. The molecule has 1 N–H and O–H groups in total. The van der Waals surface area contributed by atoms with E-state index in [1.54, 1.807) is 43.3 Å². The largest absolute Gasteiger partial charge is 0.352 e. The number of carbonyl (C=O) groups is 2. The van der Waals surface area contributed by atoms with E-state index in [0.29, 0.717) is 12.1 Å². The normalized spacial score (nSPS) is 12.2. The average molecular weight is 536 g/mol. The van der Waals surface area contributed by atoms with Gasteiger partial charge in [-0.1, -0.05) is 73.2 Å². The molecule has 3 aromatic rings. The molecule has 0 unspecified atom stereocenters. The zero-order valence-corrected chi connectivity index (χ0v) is 23.5. The van der Waals surface area contributed by atoms with E-state index in [1.807, 2.05) is 70.2 Å². The van der Waals surface area contributed by atoms with E-state index in [9.17, 15) is 18.0 Å². The minimum atomic E-state index is -4.08. The molecule has 7 nitrogen and oxygen atoms in total. The summed E-state index contributed by atoms with van der Waals surface area (Å²) in [6, 6.07) is 22.2. The monoisotopic (exact) mass is 535 g/mol. The van der Waals surface area contributed by atoms with Gasteiger partial charge < -0.3 is 10.2 Å². The lowest BCUT2D eigenvalue weighted by Gasteiger charge is -2.33. The summed E-state index contributed by atoms with van der Waals surface area (Å²) in [5.74, 6) is -0.770. The Morgan fingerprint density at radius 1 is 0.868 bits per heavy atom. The molecular weight excluding hydrogens is 498 g/mol. The van der Waals surface area contributed by atoms with Gasteiger partial charge in [0.1, 0.15) is 12.6 Å². The van der Waals surface area contributed by atoms with Gasteiger partial charge in [-0.25, -0.2) is 8.42 Å². The van der Waals surface area contributed by atoms with E-state index in [4.69, 9.17) is 0 Å². The number of carbonyl (C=O) groups excluding carboxylic acids is 2. The first-order valence-electron chi connectivity index (χ1n) is 12.9. The minimum absolute atomic E-state index is 0.0991. The molecule has 3 rings (SSSR count). The van der Waals surface area contributed by atoms with E-state index in [2.05, 4.69) is 5.32 Å². The Morgan fingerprint density at radius 3 is 2.08 bits per heavy atom. The van der Waals surface area contributed by atoms with Gasteiger partial charge >= 0.3 is 0 Å². The van der Waals surface area contributed by atoms with Gasteiger partial charge in [-0.05, 0) is 63.4 Å². The Bertz CT molecular complexity index is 1340. The van der Waals surface area contributed by atoms with Gasteiger partial charge in [-0.3, -0.25) is 13.9 Å². The SMILES string of the molecule is CCc1ccccc1N(CC(=O)N(Cc1ccccc1)[C@@H](C)C(=O)NC(C)C)S(=O)(=O)c1ccc(C)cc1. The minimum Gasteiger partial charge on any atom is -0.352 e. The Hall–Kier alpha value is -3.65. The molecule has 2 amide bonds. The summed E-state index contributed by atoms with van der Waals surface area (Å²) >= 11 is 0. The molecule has 0 aliphatic rings. The van der Waals surface area contributed by atoms with Crippen LogP contribution in [-0.2, 0) is 32.6 Å². The van der Waals surface area contributed by atoms with Gasteiger partial charge in [-0.2, -0.15) is 0 Å². The molecule has 38 heavy (non-hydrogen) atoms. The lowest BCUT2D eigenvalue weighted by Crippen LogP contribution is -2.52. The van der Waals surface area contributed by atoms with Gasteiger partial charge in [-0.15, -0.1) is 0 Å². The standard InChI is InChI=1S/C30H37N3O4S/c1-6-26-14-10-11-15-28(26)33(38(36,37)27-18-16-23(4)17-19-27)21-29(34)32(20-25-12-8-7-9-13-25)24(5)30(35)31-22(2)3/h7-19,22,24H,6,20-21H2,1-5H3,(H,31,35)/t24-/m0/s1. The quantitative estimate of drug-likeness (QED) is 0.386. The number of amides is 2.